The van der Waals surface area contributed by atoms with E-state index in [0.29, 0.717) is 22.3 Å². The van der Waals surface area contributed by atoms with Crippen LogP contribution in [0.4, 0.5) is 0 Å². The maximum atomic E-state index is 12.2. The topological polar surface area (TPSA) is 97.6 Å². The molecule has 2 aromatic carbocycles. The van der Waals surface area contributed by atoms with Crippen LogP contribution in [-0.2, 0) is 0 Å². The van der Waals surface area contributed by atoms with Crippen molar-refractivity contribution in [2.75, 3.05) is 7.11 Å². The zero-order valence-corrected chi connectivity index (χ0v) is 15.1. The van der Waals surface area contributed by atoms with E-state index in [1.807, 2.05) is 0 Å². The zero-order valence-electron chi connectivity index (χ0n) is 13.5. The quantitative estimate of drug-likeness (QED) is 0.505. The molecule has 3 rings (SSSR count). The Bertz CT molecular complexity index is 1040. The molecule has 0 radical (unpaired) electrons. The van der Waals surface area contributed by atoms with Gasteiger partial charge in [-0.1, -0.05) is 15.9 Å². The Morgan fingerprint density at radius 2 is 1.69 bits per heavy atom. The van der Waals surface area contributed by atoms with Crippen molar-refractivity contribution in [3.63, 3.8) is 0 Å². The van der Waals surface area contributed by atoms with Gasteiger partial charge >= 0.3 is 5.63 Å². The lowest BCUT2D eigenvalue weighted by Gasteiger charge is -2.08. The van der Waals surface area contributed by atoms with E-state index in [1.165, 1.54) is 13.2 Å². The number of halogens is 1. The van der Waals surface area contributed by atoms with Gasteiger partial charge in [-0.2, -0.15) is 0 Å². The molecule has 8 heteroatoms. The molecule has 0 fully saturated rings. The second-order valence-electron chi connectivity index (χ2n) is 5.27. The van der Waals surface area contributed by atoms with Crippen LogP contribution in [0.3, 0.4) is 0 Å². The summed E-state index contributed by atoms with van der Waals surface area (Å²) in [4.78, 5) is 36.2. The minimum atomic E-state index is -0.818. The molecule has 132 valence electrons. The summed E-state index contributed by atoms with van der Waals surface area (Å²) in [5, 5.41) is 0.551. The minimum Gasteiger partial charge on any atom is -0.497 e. The van der Waals surface area contributed by atoms with Crippen molar-refractivity contribution in [3.8, 4) is 5.75 Å². The molecule has 1 heterocycles. The van der Waals surface area contributed by atoms with Gasteiger partial charge in [0.15, 0.2) is 0 Å². The van der Waals surface area contributed by atoms with Crippen molar-refractivity contribution in [1.29, 1.82) is 0 Å². The predicted octanol–water partition coefficient (Wildman–Crippen LogP) is 2.64. The molecular formula is C18H13BrN2O5. The SMILES string of the molecule is COc1ccc2cc(C(=O)NNC(=O)c3ccc(Br)cc3)c(=O)oc2c1. The van der Waals surface area contributed by atoms with Crippen LogP contribution in [-0.4, -0.2) is 18.9 Å². The Balaban J connectivity index is 1.77. The first-order valence-corrected chi connectivity index (χ1v) is 8.25. The van der Waals surface area contributed by atoms with Crippen LogP contribution in [0.25, 0.3) is 11.0 Å². The van der Waals surface area contributed by atoms with E-state index in [2.05, 4.69) is 26.8 Å². The second kappa shape index (κ2) is 7.40. The Kier molecular flexibility index (Phi) is 5.04. The van der Waals surface area contributed by atoms with E-state index in [4.69, 9.17) is 9.15 Å². The van der Waals surface area contributed by atoms with Crippen LogP contribution in [0.5, 0.6) is 5.75 Å². The van der Waals surface area contributed by atoms with Crippen molar-refractivity contribution in [2.24, 2.45) is 0 Å². The Hall–Kier alpha value is -3.13. The van der Waals surface area contributed by atoms with E-state index < -0.39 is 17.4 Å². The molecular weight excluding hydrogens is 404 g/mol. The van der Waals surface area contributed by atoms with Gasteiger partial charge in [-0.15, -0.1) is 0 Å². The summed E-state index contributed by atoms with van der Waals surface area (Å²) >= 11 is 3.27. The van der Waals surface area contributed by atoms with Gasteiger partial charge in [0.1, 0.15) is 16.9 Å². The molecule has 0 bridgehead atoms. The Morgan fingerprint density at radius 1 is 1.00 bits per heavy atom. The molecule has 0 aliphatic carbocycles. The molecule has 1 aromatic heterocycles. The van der Waals surface area contributed by atoms with E-state index in [9.17, 15) is 14.4 Å². The van der Waals surface area contributed by atoms with Crippen LogP contribution in [0, 0.1) is 0 Å². The number of rotatable bonds is 3. The number of carbonyl (C=O) groups excluding carboxylic acids is 2. The molecule has 3 aromatic rings. The van der Waals surface area contributed by atoms with Crippen molar-refractivity contribution in [2.45, 2.75) is 0 Å². The molecule has 0 aliphatic rings. The van der Waals surface area contributed by atoms with Crippen LogP contribution in [0.1, 0.15) is 20.7 Å². The van der Waals surface area contributed by atoms with Crippen LogP contribution >= 0.6 is 15.9 Å². The third-order valence-corrected chi connectivity index (χ3v) is 4.11. The van der Waals surface area contributed by atoms with E-state index in [-0.39, 0.29) is 5.56 Å². The molecule has 2 N–H and O–H groups in total. The van der Waals surface area contributed by atoms with Gasteiger partial charge in [0, 0.05) is 21.5 Å². The molecule has 0 unspecified atom stereocenters. The number of hydrogen-bond donors (Lipinski definition) is 2. The number of hydrazine groups is 1. The van der Waals surface area contributed by atoms with Crippen molar-refractivity contribution >= 4 is 38.7 Å². The van der Waals surface area contributed by atoms with Gasteiger partial charge in [0.05, 0.1) is 7.11 Å². The maximum Gasteiger partial charge on any atom is 0.349 e. The Labute approximate surface area is 156 Å². The summed E-state index contributed by atoms with van der Waals surface area (Å²) in [6.45, 7) is 0. The highest BCUT2D eigenvalue weighted by Gasteiger charge is 2.15. The van der Waals surface area contributed by atoms with Gasteiger partial charge in [-0.25, -0.2) is 4.79 Å². The number of fused-ring (bicyclic) bond motifs is 1. The molecule has 0 saturated carbocycles. The van der Waals surface area contributed by atoms with Gasteiger partial charge < -0.3 is 9.15 Å². The standard InChI is InChI=1S/C18H13BrN2O5/c1-25-13-7-4-11-8-14(18(24)26-15(11)9-13)17(23)21-20-16(22)10-2-5-12(19)6-3-10/h2-9H,1H3,(H,20,22)(H,21,23). The normalized spacial score (nSPS) is 10.4. The fourth-order valence-electron chi connectivity index (χ4n) is 2.23. The Morgan fingerprint density at radius 3 is 2.38 bits per heavy atom. The molecule has 26 heavy (non-hydrogen) atoms. The highest BCUT2D eigenvalue weighted by Crippen LogP contribution is 2.20. The smallest absolute Gasteiger partial charge is 0.349 e. The second-order valence-corrected chi connectivity index (χ2v) is 6.18. The highest BCUT2D eigenvalue weighted by atomic mass is 79.9. The lowest BCUT2D eigenvalue weighted by Crippen LogP contribution is -2.43. The lowest BCUT2D eigenvalue weighted by atomic mass is 10.1. The first-order valence-electron chi connectivity index (χ1n) is 7.46. The summed E-state index contributed by atoms with van der Waals surface area (Å²) in [7, 11) is 1.50. The first kappa shape index (κ1) is 17.7. The van der Waals surface area contributed by atoms with E-state index in [1.54, 1.807) is 42.5 Å². The molecule has 0 saturated heterocycles. The summed E-state index contributed by atoms with van der Waals surface area (Å²) in [6, 6.07) is 12.8. The summed E-state index contributed by atoms with van der Waals surface area (Å²) in [6.07, 6.45) is 0. The van der Waals surface area contributed by atoms with Crippen molar-refractivity contribution < 1.29 is 18.7 Å². The van der Waals surface area contributed by atoms with Crippen molar-refractivity contribution in [3.05, 3.63) is 74.6 Å². The monoisotopic (exact) mass is 416 g/mol. The average Bonchev–Trinajstić information content (AvgIpc) is 2.65. The third kappa shape index (κ3) is 3.75. The number of ether oxygens (including phenoxy) is 1. The summed E-state index contributed by atoms with van der Waals surface area (Å²) in [5.74, 6) is -0.762. The fourth-order valence-corrected chi connectivity index (χ4v) is 2.50. The summed E-state index contributed by atoms with van der Waals surface area (Å²) in [5.41, 5.74) is 4.07. The fraction of sp³-hybridized carbons (Fsp3) is 0.0556. The third-order valence-electron chi connectivity index (χ3n) is 3.58. The number of hydrogen-bond acceptors (Lipinski definition) is 5. The average molecular weight is 417 g/mol. The zero-order chi connectivity index (χ0) is 18.7. The maximum absolute atomic E-state index is 12.2. The highest BCUT2D eigenvalue weighted by molar-refractivity contribution is 9.10. The van der Waals surface area contributed by atoms with Crippen LogP contribution in [0.15, 0.2) is 62.2 Å². The van der Waals surface area contributed by atoms with E-state index in [0.717, 1.165) is 4.47 Å². The minimum absolute atomic E-state index is 0.223. The van der Waals surface area contributed by atoms with Crippen LogP contribution in [0.2, 0.25) is 0 Å². The number of nitrogens with one attached hydrogen (secondary N) is 2. The van der Waals surface area contributed by atoms with Gasteiger partial charge in [-0.05, 0) is 42.5 Å². The number of amides is 2. The van der Waals surface area contributed by atoms with Gasteiger partial charge in [0.2, 0.25) is 0 Å². The molecule has 0 aliphatic heterocycles. The van der Waals surface area contributed by atoms with Gasteiger partial charge in [0.25, 0.3) is 11.8 Å². The summed E-state index contributed by atoms with van der Waals surface area (Å²) < 4.78 is 11.0. The van der Waals surface area contributed by atoms with Crippen molar-refractivity contribution in [1.82, 2.24) is 10.9 Å². The molecule has 2 amide bonds. The predicted molar refractivity (Wildman–Crippen MR) is 98.1 cm³/mol. The number of benzene rings is 2. The van der Waals surface area contributed by atoms with Gasteiger partial charge in [-0.3, -0.25) is 20.4 Å². The number of methoxy groups -OCH3 is 1. The molecule has 0 atom stereocenters. The largest absolute Gasteiger partial charge is 0.497 e. The first-order chi connectivity index (χ1) is 12.5. The molecule has 0 spiro atoms. The number of carbonyl (C=O) groups is 2. The van der Waals surface area contributed by atoms with Crippen LogP contribution < -0.4 is 21.2 Å². The van der Waals surface area contributed by atoms with E-state index >= 15 is 0 Å². The molecule has 7 nitrogen and oxygen atoms in total. The lowest BCUT2D eigenvalue weighted by molar-refractivity contribution is 0.0844.